The first kappa shape index (κ1) is 15.0. The number of aryl methyl sites for hydroxylation is 1. The van der Waals surface area contributed by atoms with Crippen molar-refractivity contribution in [1.29, 1.82) is 0 Å². The van der Waals surface area contributed by atoms with E-state index in [0.717, 1.165) is 37.1 Å². The molecule has 1 heterocycles. The average Bonchev–Trinajstić information content (AvgIpc) is 3.15. The highest BCUT2D eigenvalue weighted by Crippen LogP contribution is 2.49. The summed E-state index contributed by atoms with van der Waals surface area (Å²) >= 11 is 0. The normalized spacial score (nSPS) is 29.0. The predicted molar refractivity (Wildman–Crippen MR) is 88.3 cm³/mol. The highest BCUT2D eigenvalue weighted by molar-refractivity contribution is 5.15. The molecule has 2 aliphatic carbocycles. The molecule has 0 aromatic carbocycles. The Morgan fingerprint density at radius 2 is 2.14 bits per heavy atom. The first-order valence-corrected chi connectivity index (χ1v) is 8.97. The van der Waals surface area contributed by atoms with E-state index in [9.17, 15) is 0 Å². The molecule has 2 heteroatoms. The van der Waals surface area contributed by atoms with Crippen LogP contribution in [0.25, 0.3) is 0 Å². The largest absolute Gasteiger partial charge is 0.313 e. The van der Waals surface area contributed by atoms with E-state index in [2.05, 4.69) is 37.5 Å². The molecule has 3 rings (SSSR count). The fourth-order valence-electron chi connectivity index (χ4n) is 4.50. The van der Waals surface area contributed by atoms with Crippen molar-refractivity contribution in [3.8, 4) is 0 Å². The van der Waals surface area contributed by atoms with Gasteiger partial charge in [-0.3, -0.25) is 4.98 Å². The van der Waals surface area contributed by atoms with Crippen LogP contribution in [0.4, 0.5) is 0 Å². The third-order valence-corrected chi connectivity index (χ3v) is 5.69. The van der Waals surface area contributed by atoms with Crippen molar-refractivity contribution in [1.82, 2.24) is 10.3 Å². The number of hydrogen-bond acceptors (Lipinski definition) is 2. The van der Waals surface area contributed by atoms with Crippen molar-refractivity contribution in [3.63, 3.8) is 0 Å². The summed E-state index contributed by atoms with van der Waals surface area (Å²) in [6, 6.07) is 5.13. The third kappa shape index (κ3) is 3.48. The lowest BCUT2D eigenvalue weighted by atomic mass is 9.81. The molecule has 0 radical (unpaired) electrons. The Morgan fingerprint density at radius 1 is 1.24 bits per heavy atom. The van der Waals surface area contributed by atoms with Gasteiger partial charge in [-0.05, 0) is 68.0 Å². The lowest BCUT2D eigenvalue weighted by molar-refractivity contribution is 0.246. The Balaban J connectivity index is 1.66. The maximum Gasteiger partial charge on any atom is 0.0419 e. The Bertz CT molecular complexity index is 439. The summed E-state index contributed by atoms with van der Waals surface area (Å²) in [5.74, 6) is 2.91. The minimum absolute atomic E-state index is 0.639. The molecule has 1 aromatic heterocycles. The second-order valence-corrected chi connectivity index (χ2v) is 7.11. The van der Waals surface area contributed by atoms with Gasteiger partial charge in [0.15, 0.2) is 0 Å². The minimum atomic E-state index is 0.639. The molecule has 2 bridgehead atoms. The Labute approximate surface area is 129 Å². The molecule has 0 saturated heterocycles. The van der Waals surface area contributed by atoms with E-state index < -0.39 is 0 Å². The maximum atomic E-state index is 4.69. The molecule has 0 amide bonds. The van der Waals surface area contributed by atoms with Crippen molar-refractivity contribution >= 4 is 0 Å². The smallest absolute Gasteiger partial charge is 0.0419 e. The predicted octanol–water partition coefficient (Wildman–Crippen LogP) is 3.99. The molecule has 2 saturated carbocycles. The zero-order valence-corrected chi connectivity index (χ0v) is 13.6. The van der Waals surface area contributed by atoms with Gasteiger partial charge in [0.2, 0.25) is 0 Å². The molecule has 21 heavy (non-hydrogen) atoms. The lowest BCUT2D eigenvalue weighted by Crippen LogP contribution is -2.41. The van der Waals surface area contributed by atoms with Gasteiger partial charge >= 0.3 is 0 Å². The molecule has 2 aliphatic rings. The Morgan fingerprint density at radius 3 is 2.71 bits per heavy atom. The Hall–Kier alpha value is -0.890. The number of nitrogens with one attached hydrogen (secondary N) is 1. The highest BCUT2D eigenvalue weighted by atomic mass is 14.9. The second-order valence-electron chi connectivity index (χ2n) is 7.11. The first-order chi connectivity index (χ1) is 10.3. The molecule has 4 atom stereocenters. The van der Waals surface area contributed by atoms with E-state index in [4.69, 9.17) is 4.98 Å². The van der Waals surface area contributed by atoms with Crippen LogP contribution in [-0.4, -0.2) is 17.6 Å². The van der Waals surface area contributed by atoms with Gasteiger partial charge in [-0.2, -0.15) is 0 Å². The topological polar surface area (TPSA) is 24.9 Å². The summed E-state index contributed by atoms with van der Waals surface area (Å²) in [7, 11) is 0. The van der Waals surface area contributed by atoms with E-state index in [-0.39, 0.29) is 0 Å². The fourth-order valence-corrected chi connectivity index (χ4v) is 4.50. The number of pyridine rings is 1. The molecule has 2 fully saturated rings. The number of fused-ring (bicyclic) bond motifs is 2. The summed E-state index contributed by atoms with van der Waals surface area (Å²) in [4.78, 5) is 4.69. The second kappa shape index (κ2) is 6.91. The van der Waals surface area contributed by atoms with Gasteiger partial charge < -0.3 is 5.32 Å². The van der Waals surface area contributed by atoms with Gasteiger partial charge in [-0.1, -0.05) is 26.3 Å². The van der Waals surface area contributed by atoms with E-state index in [0.29, 0.717) is 6.04 Å². The highest BCUT2D eigenvalue weighted by Gasteiger charge is 2.42. The monoisotopic (exact) mass is 286 g/mol. The van der Waals surface area contributed by atoms with Gasteiger partial charge in [-0.25, -0.2) is 0 Å². The average molecular weight is 286 g/mol. The van der Waals surface area contributed by atoms with Crippen LogP contribution in [0.2, 0.25) is 0 Å². The van der Waals surface area contributed by atoms with Gasteiger partial charge in [-0.15, -0.1) is 0 Å². The van der Waals surface area contributed by atoms with Crippen LogP contribution in [0.1, 0.15) is 57.2 Å². The number of aromatic nitrogens is 1. The van der Waals surface area contributed by atoms with E-state index in [1.165, 1.54) is 43.4 Å². The van der Waals surface area contributed by atoms with Crippen LogP contribution >= 0.6 is 0 Å². The summed E-state index contributed by atoms with van der Waals surface area (Å²) < 4.78 is 0. The molecule has 4 unspecified atom stereocenters. The SMILES string of the molecule is CCCNC(Cc1ccc(CC)cn1)C1CC2CCC1C2. The summed E-state index contributed by atoms with van der Waals surface area (Å²) in [6.45, 7) is 5.60. The molecule has 0 spiro atoms. The van der Waals surface area contributed by atoms with Crippen molar-refractivity contribution in [3.05, 3.63) is 29.6 Å². The lowest BCUT2D eigenvalue weighted by Gasteiger charge is -2.31. The zero-order valence-electron chi connectivity index (χ0n) is 13.6. The van der Waals surface area contributed by atoms with Crippen LogP contribution in [0.5, 0.6) is 0 Å². The number of hydrogen-bond donors (Lipinski definition) is 1. The van der Waals surface area contributed by atoms with Crippen molar-refractivity contribution in [2.75, 3.05) is 6.54 Å². The molecule has 116 valence electrons. The zero-order chi connectivity index (χ0) is 14.7. The van der Waals surface area contributed by atoms with Crippen LogP contribution in [-0.2, 0) is 12.8 Å². The van der Waals surface area contributed by atoms with Crippen molar-refractivity contribution < 1.29 is 0 Å². The molecule has 2 nitrogen and oxygen atoms in total. The van der Waals surface area contributed by atoms with Gasteiger partial charge in [0.05, 0.1) is 0 Å². The van der Waals surface area contributed by atoms with Crippen molar-refractivity contribution in [2.45, 2.75) is 64.8 Å². The van der Waals surface area contributed by atoms with Crippen LogP contribution < -0.4 is 5.32 Å². The van der Waals surface area contributed by atoms with Crippen LogP contribution in [0.15, 0.2) is 18.3 Å². The van der Waals surface area contributed by atoms with Crippen LogP contribution in [0, 0.1) is 17.8 Å². The molecule has 0 aliphatic heterocycles. The summed E-state index contributed by atoms with van der Waals surface area (Å²) in [5, 5.41) is 3.83. The van der Waals surface area contributed by atoms with Crippen molar-refractivity contribution in [2.24, 2.45) is 17.8 Å². The molecule has 1 N–H and O–H groups in total. The Kier molecular flexibility index (Phi) is 4.95. The van der Waals surface area contributed by atoms with Gasteiger partial charge in [0, 0.05) is 24.4 Å². The van der Waals surface area contributed by atoms with Crippen LogP contribution in [0.3, 0.4) is 0 Å². The molecular formula is C19H30N2. The quantitative estimate of drug-likeness (QED) is 0.820. The standard InChI is InChI=1S/C19H30N2/c1-3-9-20-19(18-11-15-5-7-16(18)10-15)12-17-8-6-14(4-2)13-21-17/h6,8,13,15-16,18-20H,3-5,7,9-12H2,1-2H3. The summed E-state index contributed by atoms with van der Waals surface area (Å²) in [5.41, 5.74) is 2.61. The number of rotatable bonds is 7. The summed E-state index contributed by atoms with van der Waals surface area (Å²) in [6.07, 6.45) is 11.4. The number of nitrogens with zero attached hydrogens (tertiary/aromatic N) is 1. The van der Waals surface area contributed by atoms with E-state index in [1.807, 2.05) is 0 Å². The third-order valence-electron chi connectivity index (χ3n) is 5.69. The minimum Gasteiger partial charge on any atom is -0.313 e. The van der Waals surface area contributed by atoms with E-state index in [1.54, 1.807) is 0 Å². The first-order valence-electron chi connectivity index (χ1n) is 8.97. The molecule has 1 aromatic rings. The van der Waals surface area contributed by atoms with Gasteiger partial charge in [0.25, 0.3) is 0 Å². The van der Waals surface area contributed by atoms with E-state index >= 15 is 0 Å². The fraction of sp³-hybridized carbons (Fsp3) is 0.737. The molecular weight excluding hydrogens is 256 g/mol. The van der Waals surface area contributed by atoms with Gasteiger partial charge in [0.1, 0.15) is 0 Å². The maximum absolute atomic E-state index is 4.69.